The van der Waals surface area contributed by atoms with Gasteiger partial charge in [0.2, 0.25) is 0 Å². The Hall–Kier alpha value is -2.83. The Kier molecular flexibility index (Phi) is 6.01. The van der Waals surface area contributed by atoms with E-state index in [9.17, 15) is 14.0 Å². The number of aromatic nitrogens is 1. The summed E-state index contributed by atoms with van der Waals surface area (Å²) in [6, 6.07) is 12.3. The molecule has 0 spiro atoms. The average molecular weight is 469 g/mol. The SMILES string of the molecule is Cc1cc(C)cc(-n2c(C)cc(/C=C3\SC(=O)N(Cc4ccc(F)cc4Cl)C3=O)c2C)c1. The molecule has 0 unspecified atom stereocenters. The third kappa shape index (κ3) is 4.25. The van der Waals surface area contributed by atoms with Gasteiger partial charge in [0.1, 0.15) is 5.82 Å². The van der Waals surface area contributed by atoms with Gasteiger partial charge >= 0.3 is 0 Å². The lowest BCUT2D eigenvalue weighted by Crippen LogP contribution is -2.27. The summed E-state index contributed by atoms with van der Waals surface area (Å²) in [7, 11) is 0. The maximum absolute atomic E-state index is 13.3. The summed E-state index contributed by atoms with van der Waals surface area (Å²) in [6.07, 6.45) is 1.76. The van der Waals surface area contributed by atoms with E-state index in [4.69, 9.17) is 11.6 Å². The topological polar surface area (TPSA) is 42.3 Å². The molecule has 0 N–H and O–H groups in total. The van der Waals surface area contributed by atoms with Crippen LogP contribution in [0.15, 0.2) is 47.4 Å². The molecule has 2 heterocycles. The summed E-state index contributed by atoms with van der Waals surface area (Å²) in [5, 5.41) is -0.185. The number of carbonyl (C=O) groups excluding carboxylic acids is 2. The monoisotopic (exact) mass is 468 g/mol. The molecule has 1 fully saturated rings. The number of hydrogen-bond donors (Lipinski definition) is 0. The molecular weight excluding hydrogens is 447 g/mol. The summed E-state index contributed by atoms with van der Waals surface area (Å²) >= 11 is 6.98. The van der Waals surface area contributed by atoms with E-state index in [1.54, 1.807) is 6.08 Å². The van der Waals surface area contributed by atoms with Crippen molar-refractivity contribution in [2.75, 3.05) is 0 Å². The molecule has 1 aliphatic rings. The minimum Gasteiger partial charge on any atom is -0.318 e. The average Bonchev–Trinajstić information content (AvgIpc) is 3.12. The van der Waals surface area contributed by atoms with E-state index in [0.29, 0.717) is 10.5 Å². The van der Waals surface area contributed by atoms with Gasteiger partial charge in [0, 0.05) is 22.1 Å². The molecule has 0 radical (unpaired) electrons. The van der Waals surface area contributed by atoms with Gasteiger partial charge < -0.3 is 4.57 Å². The first-order valence-corrected chi connectivity index (χ1v) is 11.3. The zero-order valence-electron chi connectivity index (χ0n) is 18.2. The number of aryl methyl sites for hydroxylation is 3. The number of imide groups is 1. The molecule has 0 aliphatic carbocycles. The number of carbonyl (C=O) groups is 2. The third-order valence-electron chi connectivity index (χ3n) is 5.44. The maximum Gasteiger partial charge on any atom is 0.293 e. The van der Waals surface area contributed by atoms with Crippen LogP contribution in [0.5, 0.6) is 0 Å². The van der Waals surface area contributed by atoms with Crippen molar-refractivity contribution in [1.29, 1.82) is 0 Å². The van der Waals surface area contributed by atoms with Crippen LogP contribution in [0, 0.1) is 33.5 Å². The lowest BCUT2D eigenvalue weighted by atomic mass is 10.1. The fourth-order valence-electron chi connectivity index (χ4n) is 4.01. The predicted octanol–water partition coefficient (Wildman–Crippen LogP) is 6.74. The summed E-state index contributed by atoms with van der Waals surface area (Å²) in [5.74, 6) is -0.844. The van der Waals surface area contributed by atoms with E-state index < -0.39 is 5.82 Å². The summed E-state index contributed by atoms with van der Waals surface area (Å²) in [4.78, 5) is 27.0. The molecular formula is C25H22ClFN2O2S. The van der Waals surface area contributed by atoms with Gasteiger partial charge in [-0.2, -0.15) is 0 Å². The van der Waals surface area contributed by atoms with Gasteiger partial charge in [-0.3, -0.25) is 14.5 Å². The lowest BCUT2D eigenvalue weighted by Gasteiger charge is -2.13. The van der Waals surface area contributed by atoms with Crippen LogP contribution in [0.25, 0.3) is 11.8 Å². The molecule has 0 atom stereocenters. The minimum absolute atomic E-state index is 0.00269. The Morgan fingerprint density at radius 1 is 1.00 bits per heavy atom. The highest BCUT2D eigenvalue weighted by molar-refractivity contribution is 8.18. The first-order valence-electron chi connectivity index (χ1n) is 10.1. The second-order valence-electron chi connectivity index (χ2n) is 8.01. The second kappa shape index (κ2) is 8.60. The summed E-state index contributed by atoms with van der Waals surface area (Å²) in [5.41, 5.74) is 6.84. The van der Waals surface area contributed by atoms with Crippen molar-refractivity contribution < 1.29 is 14.0 Å². The molecule has 7 heteroatoms. The second-order valence-corrected chi connectivity index (χ2v) is 9.41. The highest BCUT2D eigenvalue weighted by atomic mass is 35.5. The Morgan fingerprint density at radius 3 is 2.34 bits per heavy atom. The van der Waals surface area contributed by atoms with Crippen LogP contribution in [-0.2, 0) is 11.3 Å². The minimum atomic E-state index is -0.466. The fourth-order valence-corrected chi connectivity index (χ4v) is 5.06. The molecule has 0 saturated carbocycles. The molecule has 4 nitrogen and oxygen atoms in total. The molecule has 164 valence electrons. The van der Waals surface area contributed by atoms with Gasteiger partial charge in [-0.15, -0.1) is 0 Å². The molecule has 32 heavy (non-hydrogen) atoms. The normalized spacial score (nSPS) is 15.3. The number of halogens is 2. The number of benzene rings is 2. The number of amides is 2. The molecule has 0 bridgehead atoms. The van der Waals surface area contributed by atoms with Crippen molar-refractivity contribution >= 4 is 40.6 Å². The quantitative estimate of drug-likeness (QED) is 0.398. The predicted molar refractivity (Wildman–Crippen MR) is 128 cm³/mol. The zero-order chi connectivity index (χ0) is 23.2. The van der Waals surface area contributed by atoms with Crippen molar-refractivity contribution in [2.45, 2.75) is 34.2 Å². The van der Waals surface area contributed by atoms with Gasteiger partial charge in [0.15, 0.2) is 0 Å². The molecule has 1 aromatic heterocycles. The Morgan fingerprint density at radius 2 is 1.69 bits per heavy atom. The first kappa shape index (κ1) is 22.4. The van der Waals surface area contributed by atoms with Crippen LogP contribution in [0.1, 0.15) is 33.6 Å². The Bertz CT molecular complexity index is 1280. The molecule has 4 rings (SSSR count). The van der Waals surface area contributed by atoms with E-state index in [1.807, 2.05) is 19.9 Å². The van der Waals surface area contributed by atoms with E-state index in [1.165, 1.54) is 29.3 Å². The van der Waals surface area contributed by atoms with Gasteiger partial charge in [0.05, 0.1) is 11.4 Å². The van der Waals surface area contributed by atoms with Gasteiger partial charge in [-0.05, 0) is 98.1 Å². The van der Waals surface area contributed by atoms with Crippen LogP contribution >= 0.6 is 23.4 Å². The molecule has 1 saturated heterocycles. The molecule has 3 aromatic rings. The van der Waals surface area contributed by atoms with Gasteiger partial charge in [0.25, 0.3) is 11.1 Å². The maximum atomic E-state index is 13.3. The van der Waals surface area contributed by atoms with Crippen LogP contribution in [0.2, 0.25) is 5.02 Å². The van der Waals surface area contributed by atoms with Crippen molar-refractivity contribution in [2.24, 2.45) is 0 Å². The van der Waals surface area contributed by atoms with Crippen molar-refractivity contribution in [3.05, 3.63) is 91.9 Å². The summed E-state index contributed by atoms with van der Waals surface area (Å²) < 4.78 is 15.5. The first-order chi connectivity index (χ1) is 15.1. The Labute approximate surface area is 195 Å². The van der Waals surface area contributed by atoms with Crippen molar-refractivity contribution in [3.8, 4) is 5.69 Å². The van der Waals surface area contributed by atoms with Gasteiger partial charge in [-0.25, -0.2) is 4.39 Å². The molecule has 2 aromatic carbocycles. The third-order valence-corrected chi connectivity index (χ3v) is 6.70. The Balaban J connectivity index is 1.65. The number of rotatable bonds is 4. The lowest BCUT2D eigenvalue weighted by molar-refractivity contribution is -0.123. The van der Waals surface area contributed by atoms with E-state index in [-0.39, 0.29) is 22.7 Å². The molecule has 1 aliphatic heterocycles. The summed E-state index contributed by atoms with van der Waals surface area (Å²) in [6.45, 7) is 8.15. The van der Waals surface area contributed by atoms with Gasteiger partial charge in [-0.1, -0.05) is 23.7 Å². The number of hydrogen-bond acceptors (Lipinski definition) is 3. The van der Waals surface area contributed by atoms with Crippen molar-refractivity contribution in [3.63, 3.8) is 0 Å². The highest BCUT2D eigenvalue weighted by Gasteiger charge is 2.35. The van der Waals surface area contributed by atoms with Crippen LogP contribution < -0.4 is 0 Å². The van der Waals surface area contributed by atoms with Crippen molar-refractivity contribution in [1.82, 2.24) is 9.47 Å². The van der Waals surface area contributed by atoms with Crippen LogP contribution in [0.4, 0.5) is 9.18 Å². The number of nitrogens with zero attached hydrogens (tertiary/aromatic N) is 2. The van der Waals surface area contributed by atoms with Crippen LogP contribution in [-0.4, -0.2) is 20.6 Å². The van der Waals surface area contributed by atoms with E-state index in [0.717, 1.165) is 39.3 Å². The fraction of sp³-hybridized carbons (Fsp3) is 0.200. The van der Waals surface area contributed by atoms with Crippen LogP contribution in [0.3, 0.4) is 0 Å². The smallest absolute Gasteiger partial charge is 0.293 e. The molecule has 2 amide bonds. The largest absolute Gasteiger partial charge is 0.318 e. The zero-order valence-corrected chi connectivity index (χ0v) is 19.8. The van der Waals surface area contributed by atoms with E-state index in [2.05, 4.69) is 36.6 Å². The highest BCUT2D eigenvalue weighted by Crippen LogP contribution is 2.35. The van der Waals surface area contributed by atoms with E-state index >= 15 is 0 Å². The standard InChI is InChI=1S/C25H22ClFN2O2S/c1-14-7-15(2)9-21(8-14)29-16(3)10-19(17(29)4)11-23-24(30)28(25(31)32-23)13-18-5-6-20(27)12-22(18)26/h5-12H,13H2,1-4H3/b23-11-. The number of thioether (sulfide) groups is 1.